The largest absolute Gasteiger partial charge is 0.382 e. The first-order valence-corrected chi connectivity index (χ1v) is 4.74. The van der Waals surface area contributed by atoms with Crippen LogP contribution in [0.4, 0.5) is 10.1 Å². The maximum absolute atomic E-state index is 13.2. The minimum absolute atomic E-state index is 0.277. The van der Waals surface area contributed by atoms with Crippen LogP contribution >= 0.6 is 0 Å². The Bertz CT molecular complexity index is 404. The van der Waals surface area contributed by atoms with Crippen LogP contribution in [0.5, 0.6) is 0 Å². The van der Waals surface area contributed by atoms with Gasteiger partial charge in [0.1, 0.15) is 11.5 Å². The van der Waals surface area contributed by atoms with Crippen LogP contribution in [0.15, 0.2) is 34.5 Å². The quantitative estimate of drug-likeness (QED) is 0.453. The number of nitrogens with one attached hydrogen (secondary N) is 1. The Morgan fingerprint density at radius 3 is 2.88 bits per heavy atom. The second-order valence-electron chi connectivity index (χ2n) is 3.01. The van der Waals surface area contributed by atoms with Crippen LogP contribution in [0.3, 0.4) is 0 Å². The molecule has 0 heterocycles. The predicted molar refractivity (Wildman–Crippen MR) is 62.6 cm³/mol. The highest BCUT2D eigenvalue weighted by atomic mass is 19.1. The number of hydrogen-bond donors (Lipinski definition) is 1. The van der Waals surface area contributed by atoms with Gasteiger partial charge in [-0.1, -0.05) is 12.1 Å². The summed E-state index contributed by atoms with van der Waals surface area (Å²) < 4.78 is 13.2. The van der Waals surface area contributed by atoms with Gasteiger partial charge < -0.3 is 5.32 Å². The number of aldehydes is 1. The second-order valence-corrected chi connectivity index (χ2v) is 3.01. The lowest BCUT2D eigenvalue weighted by Crippen LogP contribution is -2.10. The third-order valence-electron chi connectivity index (χ3n) is 1.91. The molecule has 84 valence electrons. The standard InChI is InChI=1S/C11H12FN3O/c1-13-15-9(8-16)6-7-14-11-5-3-2-4-10(11)12/h2-5,8,14H,1,6-7H2/b15-9+. The normalized spacial score (nSPS) is 10.9. The average molecular weight is 221 g/mol. The van der Waals surface area contributed by atoms with E-state index in [4.69, 9.17) is 0 Å². The minimum atomic E-state index is -0.325. The van der Waals surface area contributed by atoms with E-state index in [9.17, 15) is 9.18 Å². The summed E-state index contributed by atoms with van der Waals surface area (Å²) in [5, 5.41) is 9.64. The van der Waals surface area contributed by atoms with Crippen molar-refractivity contribution in [3.05, 3.63) is 30.1 Å². The molecule has 0 bridgehead atoms. The Morgan fingerprint density at radius 1 is 1.50 bits per heavy atom. The highest BCUT2D eigenvalue weighted by Crippen LogP contribution is 2.11. The second kappa shape index (κ2) is 6.44. The summed E-state index contributed by atoms with van der Waals surface area (Å²) in [6.45, 7) is 3.56. The van der Waals surface area contributed by atoms with Gasteiger partial charge in [-0.25, -0.2) is 4.39 Å². The molecule has 0 unspecified atom stereocenters. The van der Waals surface area contributed by atoms with Crippen LogP contribution < -0.4 is 5.32 Å². The lowest BCUT2D eigenvalue weighted by Gasteiger charge is -2.05. The average Bonchev–Trinajstić information content (AvgIpc) is 2.30. The van der Waals surface area contributed by atoms with Crippen molar-refractivity contribution < 1.29 is 9.18 Å². The fraction of sp³-hybridized carbons (Fsp3) is 0.182. The van der Waals surface area contributed by atoms with E-state index in [2.05, 4.69) is 22.2 Å². The molecule has 1 aromatic rings. The van der Waals surface area contributed by atoms with Crippen molar-refractivity contribution >= 4 is 24.4 Å². The number of rotatable bonds is 6. The topological polar surface area (TPSA) is 53.8 Å². The number of anilines is 1. The van der Waals surface area contributed by atoms with Gasteiger partial charge in [0.05, 0.1) is 5.69 Å². The lowest BCUT2D eigenvalue weighted by molar-refractivity contribution is -0.102. The zero-order valence-corrected chi connectivity index (χ0v) is 8.69. The van der Waals surface area contributed by atoms with Crippen molar-refractivity contribution in [1.82, 2.24) is 0 Å². The molecule has 0 radical (unpaired) electrons. The Balaban J connectivity index is 2.47. The van der Waals surface area contributed by atoms with Crippen molar-refractivity contribution in [1.29, 1.82) is 0 Å². The molecule has 4 nitrogen and oxygen atoms in total. The molecule has 1 aromatic carbocycles. The van der Waals surface area contributed by atoms with Gasteiger partial charge in [-0.2, -0.15) is 10.2 Å². The first-order valence-electron chi connectivity index (χ1n) is 4.74. The minimum Gasteiger partial charge on any atom is -0.382 e. The van der Waals surface area contributed by atoms with Crippen molar-refractivity contribution in [3.63, 3.8) is 0 Å². The summed E-state index contributed by atoms with van der Waals surface area (Å²) in [6.07, 6.45) is 0.981. The number of benzene rings is 1. The summed E-state index contributed by atoms with van der Waals surface area (Å²) in [4.78, 5) is 10.5. The molecule has 0 saturated heterocycles. The molecule has 0 aromatic heterocycles. The molecular formula is C11H12FN3O. The van der Waals surface area contributed by atoms with Gasteiger partial charge >= 0.3 is 0 Å². The zero-order chi connectivity index (χ0) is 11.8. The Morgan fingerprint density at radius 2 is 2.25 bits per heavy atom. The summed E-state index contributed by atoms with van der Waals surface area (Å²) >= 11 is 0. The molecule has 0 aliphatic carbocycles. The maximum Gasteiger partial charge on any atom is 0.166 e. The van der Waals surface area contributed by atoms with Crippen LogP contribution in [-0.2, 0) is 4.79 Å². The molecule has 0 saturated carbocycles. The van der Waals surface area contributed by atoms with E-state index >= 15 is 0 Å². The van der Waals surface area contributed by atoms with Crippen molar-refractivity contribution in [3.8, 4) is 0 Å². The Kier molecular flexibility index (Phi) is 4.85. The molecule has 1 rings (SSSR count). The van der Waals surface area contributed by atoms with E-state index in [1.807, 2.05) is 0 Å². The van der Waals surface area contributed by atoms with Crippen molar-refractivity contribution in [2.24, 2.45) is 10.2 Å². The van der Waals surface area contributed by atoms with Gasteiger partial charge in [0.2, 0.25) is 0 Å². The van der Waals surface area contributed by atoms with Crippen LogP contribution in [0.25, 0.3) is 0 Å². The maximum atomic E-state index is 13.2. The molecule has 0 atom stereocenters. The van der Waals surface area contributed by atoms with Crippen molar-refractivity contribution in [2.45, 2.75) is 6.42 Å². The highest BCUT2D eigenvalue weighted by Gasteiger charge is 2.01. The summed E-state index contributed by atoms with van der Waals surface area (Å²) in [5.41, 5.74) is 0.679. The summed E-state index contributed by atoms with van der Waals surface area (Å²) in [6, 6.07) is 6.33. The van der Waals surface area contributed by atoms with E-state index in [-0.39, 0.29) is 11.5 Å². The SMILES string of the molecule is C=N/N=C(/C=O)CCNc1ccccc1F. The third kappa shape index (κ3) is 3.61. The van der Waals surface area contributed by atoms with E-state index in [0.29, 0.717) is 24.9 Å². The highest BCUT2D eigenvalue weighted by molar-refractivity contribution is 6.28. The fourth-order valence-electron chi connectivity index (χ4n) is 1.15. The molecule has 0 amide bonds. The van der Waals surface area contributed by atoms with Gasteiger partial charge in [0.25, 0.3) is 0 Å². The lowest BCUT2D eigenvalue weighted by atomic mass is 10.2. The smallest absolute Gasteiger partial charge is 0.166 e. The first-order chi connectivity index (χ1) is 7.77. The molecule has 1 N–H and O–H groups in total. The van der Waals surface area contributed by atoms with Gasteiger partial charge in [0.15, 0.2) is 6.29 Å². The number of halogens is 1. The number of carbonyl (C=O) groups is 1. The van der Waals surface area contributed by atoms with Gasteiger partial charge in [-0.05, 0) is 12.1 Å². The number of hydrogen-bond acceptors (Lipinski definition) is 4. The molecule has 0 aliphatic rings. The van der Waals surface area contributed by atoms with E-state index in [0.717, 1.165) is 0 Å². The van der Waals surface area contributed by atoms with Crippen LogP contribution in [0.2, 0.25) is 0 Å². The molecule has 0 aliphatic heterocycles. The molecular weight excluding hydrogens is 209 g/mol. The van der Waals surface area contributed by atoms with Crippen molar-refractivity contribution in [2.75, 3.05) is 11.9 Å². The van der Waals surface area contributed by atoms with E-state index in [1.165, 1.54) is 6.07 Å². The third-order valence-corrected chi connectivity index (χ3v) is 1.91. The predicted octanol–water partition coefficient (Wildman–Crippen LogP) is 1.88. The molecule has 0 fully saturated rings. The van der Waals surface area contributed by atoms with E-state index in [1.54, 1.807) is 18.2 Å². The molecule has 5 heteroatoms. The van der Waals surface area contributed by atoms with Gasteiger partial charge in [-0.15, -0.1) is 0 Å². The number of carbonyl (C=O) groups excluding carboxylic acids is 1. The van der Waals surface area contributed by atoms with Crippen LogP contribution in [0.1, 0.15) is 6.42 Å². The fourth-order valence-corrected chi connectivity index (χ4v) is 1.15. The molecule has 0 spiro atoms. The van der Waals surface area contributed by atoms with E-state index < -0.39 is 0 Å². The monoisotopic (exact) mass is 221 g/mol. The number of nitrogens with zero attached hydrogens (tertiary/aromatic N) is 2. The van der Waals surface area contributed by atoms with Crippen LogP contribution in [-0.4, -0.2) is 25.3 Å². The van der Waals surface area contributed by atoms with Gasteiger partial charge in [0, 0.05) is 19.7 Å². The first kappa shape index (κ1) is 12.0. The Labute approximate surface area is 92.9 Å². The van der Waals surface area contributed by atoms with Gasteiger partial charge in [-0.3, -0.25) is 4.79 Å². The molecule has 16 heavy (non-hydrogen) atoms. The Hall–Kier alpha value is -2.04. The number of para-hydroxylation sites is 1. The van der Waals surface area contributed by atoms with Crippen LogP contribution in [0, 0.1) is 5.82 Å². The summed E-state index contributed by atoms with van der Waals surface area (Å²) in [7, 11) is 0. The zero-order valence-electron chi connectivity index (χ0n) is 8.69. The summed E-state index contributed by atoms with van der Waals surface area (Å²) in [5.74, 6) is -0.325.